The van der Waals surface area contributed by atoms with Crippen molar-refractivity contribution < 1.29 is 91.7 Å². The fraction of sp³-hybridized carbons (Fsp3) is 0.800. The Morgan fingerprint density at radius 2 is 1.59 bits per heavy atom. The second-order valence-electron chi connectivity index (χ2n) is 17.0. The number of methoxy groups -OCH3 is 1. The molecule has 0 radical (unpaired) electrons. The number of fused-ring (bicyclic) bond motifs is 5. The van der Waals surface area contributed by atoms with Crippen LogP contribution in [0.1, 0.15) is 82.3 Å². The Hall–Kier alpha value is -2.72. The molecule has 2 N–H and O–H groups in total. The lowest BCUT2D eigenvalue weighted by atomic mass is 9.55. The molecule has 2 saturated carbocycles. The molecule has 0 aromatic heterocycles. The molecule has 23 heteroatoms. The zero-order chi connectivity index (χ0) is 46.8. The van der Waals surface area contributed by atoms with Crippen molar-refractivity contribution in [2.24, 2.45) is 23.2 Å². The van der Waals surface area contributed by atoms with Crippen molar-refractivity contribution in [3.63, 3.8) is 0 Å². The molecule has 1 saturated heterocycles. The number of aliphatic hydroxyl groups is 1. The Balaban J connectivity index is 1.10. The second-order valence-corrected chi connectivity index (χ2v) is 18.5. The predicted molar refractivity (Wildman–Crippen MR) is 204 cm³/mol. The van der Waals surface area contributed by atoms with Gasteiger partial charge in [0, 0.05) is 33.9 Å². The summed E-state index contributed by atoms with van der Waals surface area (Å²) in [4.78, 5) is 38.8. The molecule has 8 unspecified atom stereocenters. The minimum Gasteiger partial charge on any atom is -0.494 e. The summed E-state index contributed by atoms with van der Waals surface area (Å²) >= 11 is 0. The van der Waals surface area contributed by atoms with Crippen molar-refractivity contribution in [1.82, 2.24) is 9.80 Å². The summed E-state index contributed by atoms with van der Waals surface area (Å²) in [5.41, 5.74) is -4.28. The number of urea groups is 1. The van der Waals surface area contributed by atoms with Crippen LogP contribution < -0.4 is 4.74 Å². The van der Waals surface area contributed by atoms with Crippen LogP contribution in [-0.4, -0.2) is 134 Å². The van der Waals surface area contributed by atoms with Crippen molar-refractivity contribution in [3.05, 3.63) is 29.3 Å². The van der Waals surface area contributed by atoms with E-state index in [0.29, 0.717) is 37.5 Å². The lowest BCUT2D eigenvalue weighted by Crippen LogP contribution is -2.67. The maximum atomic E-state index is 13.4. The third kappa shape index (κ3) is 10.8. The van der Waals surface area contributed by atoms with Gasteiger partial charge in [-0.1, -0.05) is 19.9 Å². The smallest absolute Gasteiger partial charge is 0.472 e. The first kappa shape index (κ1) is 51.3. The average molecular weight is 943 g/mol. The fourth-order valence-electron chi connectivity index (χ4n) is 10.0. The number of aryl methyl sites for hydroxylation is 1. The van der Waals surface area contributed by atoms with Gasteiger partial charge >= 0.3 is 38.0 Å². The van der Waals surface area contributed by atoms with Gasteiger partial charge in [-0.2, -0.15) is 39.5 Å². The number of nitrogens with zero attached hydrogens (tertiary/aromatic N) is 2. The van der Waals surface area contributed by atoms with Crippen LogP contribution in [0.2, 0.25) is 0 Å². The molecule has 5 rings (SSSR count). The van der Waals surface area contributed by atoms with Crippen molar-refractivity contribution in [1.29, 1.82) is 0 Å². The molecule has 1 aromatic rings. The Morgan fingerprint density at radius 3 is 2.21 bits per heavy atom. The predicted octanol–water partition coefficient (Wildman–Crippen LogP) is 7.96. The molecule has 3 aliphatic carbocycles. The fourth-order valence-corrected chi connectivity index (χ4v) is 10.7. The number of carbonyl (C=O) groups excluding carboxylic acids is 2. The topological polar surface area (TPSA) is 154 Å². The first-order valence-electron chi connectivity index (χ1n) is 20.9. The second kappa shape index (κ2) is 20.0. The first-order valence-corrected chi connectivity index (χ1v) is 22.4. The van der Waals surface area contributed by atoms with Gasteiger partial charge in [-0.25, -0.2) is 9.36 Å². The van der Waals surface area contributed by atoms with Gasteiger partial charge < -0.3 is 33.8 Å². The molecule has 0 bridgehead atoms. The highest BCUT2D eigenvalue weighted by molar-refractivity contribution is 7.47. The molecule has 1 aliphatic heterocycles. The van der Waals surface area contributed by atoms with Gasteiger partial charge in [0.1, 0.15) is 18.0 Å². The van der Waals surface area contributed by atoms with Gasteiger partial charge in [0.05, 0.1) is 38.4 Å². The molecule has 3 fully saturated rings. The summed E-state index contributed by atoms with van der Waals surface area (Å²) in [6.07, 6.45) is -18.1. The molecule has 1 aromatic carbocycles. The zero-order valence-electron chi connectivity index (χ0n) is 35.4. The van der Waals surface area contributed by atoms with E-state index in [1.165, 1.54) is 17.6 Å². The number of phosphoric acid groups is 1. The van der Waals surface area contributed by atoms with Crippen LogP contribution >= 0.6 is 7.82 Å². The lowest BCUT2D eigenvalue weighted by molar-refractivity contribution is -0.457. The number of amides is 3. The van der Waals surface area contributed by atoms with Crippen molar-refractivity contribution in [2.45, 2.75) is 120 Å². The molecule has 4 aliphatic rings. The summed E-state index contributed by atoms with van der Waals surface area (Å²) in [5.74, 6) is 0.467. The van der Waals surface area contributed by atoms with Gasteiger partial charge in [0.15, 0.2) is 0 Å². The van der Waals surface area contributed by atoms with E-state index in [2.05, 4.69) is 22.3 Å². The van der Waals surface area contributed by atoms with Crippen molar-refractivity contribution >= 4 is 19.8 Å². The van der Waals surface area contributed by atoms with E-state index in [9.17, 15) is 63.7 Å². The maximum absolute atomic E-state index is 13.4. The summed E-state index contributed by atoms with van der Waals surface area (Å²) in [6.45, 7) is 1.46. The van der Waals surface area contributed by atoms with E-state index in [1.807, 2.05) is 12.1 Å². The average Bonchev–Trinajstić information content (AvgIpc) is 3.53. The minimum absolute atomic E-state index is 0.0190. The van der Waals surface area contributed by atoms with Gasteiger partial charge in [0.2, 0.25) is 5.91 Å². The van der Waals surface area contributed by atoms with Crippen LogP contribution in [0.15, 0.2) is 18.2 Å². The van der Waals surface area contributed by atoms with Crippen molar-refractivity contribution in [3.8, 4) is 5.75 Å². The first-order chi connectivity index (χ1) is 29.4. The highest BCUT2D eigenvalue weighted by Crippen LogP contribution is 2.62. The van der Waals surface area contributed by atoms with Gasteiger partial charge in [-0.3, -0.25) is 18.7 Å². The van der Waals surface area contributed by atoms with Crippen LogP contribution in [0.3, 0.4) is 0 Å². The standard InChI is InChI=1S/C40H56F9N2O11P/c1-24-21-50(22-31(32(23-52)57-3)62-63(55,56)58-4)35(54)51(34(24)53)16-5-6-17-59-26-9-11-27-25(20-26)8-10-29-28(27)14-15-36(2)30(29)12-13-33(36)60-18-7-19-61-37(38(41,42)43,39(44,45)46)40(47,48)49/h9,11,20,24,28-33,52H,5-8,10,12-19,21-23H2,1-4H3,(H,55,56)/t24?,28?,29?,30?,31-,32?,33?,36?/m1/s1. The molecule has 0 spiro atoms. The number of alkyl halides is 9. The normalized spacial score (nSPS) is 27.7. The Bertz CT molecular complexity index is 1750. The number of hydrogen-bond donors (Lipinski definition) is 2. The number of carbonyl (C=O) groups is 2. The molecule has 360 valence electrons. The third-order valence-electron chi connectivity index (χ3n) is 13.3. The van der Waals surface area contributed by atoms with Gasteiger partial charge in [-0.05, 0) is 104 Å². The number of imide groups is 1. The molecule has 63 heavy (non-hydrogen) atoms. The Kier molecular flexibility index (Phi) is 16.3. The quantitative estimate of drug-likeness (QED) is 0.0744. The number of aliphatic hydroxyl groups excluding tert-OH is 1. The summed E-state index contributed by atoms with van der Waals surface area (Å²) < 4.78 is 162. The monoisotopic (exact) mass is 942 g/mol. The molecule has 13 nitrogen and oxygen atoms in total. The number of unbranched alkanes of at least 4 members (excludes halogenated alkanes) is 1. The number of benzene rings is 1. The van der Waals surface area contributed by atoms with Crippen molar-refractivity contribution in [2.75, 3.05) is 60.3 Å². The van der Waals surface area contributed by atoms with E-state index in [0.717, 1.165) is 49.7 Å². The molecular weight excluding hydrogens is 886 g/mol. The number of rotatable bonds is 20. The summed E-state index contributed by atoms with van der Waals surface area (Å²) in [6, 6.07) is 5.34. The van der Waals surface area contributed by atoms with Crippen LogP contribution in [0.4, 0.5) is 44.3 Å². The van der Waals surface area contributed by atoms with Gasteiger partial charge in [0.25, 0.3) is 0 Å². The van der Waals surface area contributed by atoms with E-state index in [4.69, 9.17) is 18.7 Å². The molecular formula is C40H56F9N2O11P. The largest absolute Gasteiger partial charge is 0.494 e. The third-order valence-corrected chi connectivity index (χ3v) is 14.3. The number of ether oxygens (including phenoxy) is 4. The number of hydrogen-bond acceptors (Lipinski definition) is 10. The maximum Gasteiger partial charge on any atom is 0.472 e. The summed E-state index contributed by atoms with van der Waals surface area (Å²) in [7, 11) is -2.29. The Labute approximate surface area is 359 Å². The Morgan fingerprint density at radius 1 is 0.905 bits per heavy atom. The van der Waals surface area contributed by atoms with Crippen LogP contribution in [-0.2, 0) is 39.0 Å². The molecule has 9 atom stereocenters. The highest BCUT2D eigenvalue weighted by atomic mass is 31.2. The summed E-state index contributed by atoms with van der Waals surface area (Å²) in [5, 5.41) is 9.74. The highest BCUT2D eigenvalue weighted by Gasteiger charge is 2.85. The van der Waals surface area contributed by atoms with E-state index in [1.54, 1.807) is 6.92 Å². The SMILES string of the molecule is COC(CO)[C@@H](CN1CC(C)C(=O)N(CCCCOc2ccc3c(c2)CCC2C3CCC3(C)C(OCCCOC(C(F)(F)F)(C(F)(F)F)C(F)(F)F)CCC23)C1=O)OP(=O)(O)OC. The van der Waals surface area contributed by atoms with Gasteiger partial charge in [-0.15, -0.1) is 0 Å². The van der Waals surface area contributed by atoms with E-state index < -0.39 is 75.7 Å². The zero-order valence-corrected chi connectivity index (χ0v) is 36.3. The minimum atomic E-state index is -6.78. The lowest BCUT2D eigenvalue weighted by Gasteiger charge is -2.50. The molecule has 3 amide bonds. The van der Waals surface area contributed by atoms with Crippen LogP contribution in [0, 0.1) is 23.2 Å². The number of halogens is 9. The molecule has 1 heterocycles. The number of phosphoric ester groups is 1. The van der Waals surface area contributed by atoms with Crippen LogP contribution in [0.25, 0.3) is 0 Å². The van der Waals surface area contributed by atoms with Crippen LogP contribution in [0.5, 0.6) is 5.75 Å². The van der Waals surface area contributed by atoms with E-state index in [-0.39, 0.29) is 55.5 Å². The van der Waals surface area contributed by atoms with E-state index >= 15 is 0 Å².